The first kappa shape index (κ1) is 17.5. The Bertz CT molecular complexity index is 664. The number of fused-ring (bicyclic) bond motifs is 4. The summed E-state index contributed by atoms with van der Waals surface area (Å²) in [5.41, 5.74) is 1.19. The highest BCUT2D eigenvalue weighted by Crippen LogP contribution is 2.28. The number of hydrogen-bond acceptors (Lipinski definition) is 4. The van der Waals surface area contributed by atoms with Gasteiger partial charge in [-0.3, -0.25) is 14.8 Å². The highest BCUT2D eigenvalue weighted by molar-refractivity contribution is 5.20. The second-order valence-electron chi connectivity index (χ2n) is 7.62. The maximum Gasteiger partial charge on any atom is 0.119 e. The molecule has 138 valence electrons. The lowest BCUT2D eigenvalue weighted by molar-refractivity contribution is 0.122. The summed E-state index contributed by atoms with van der Waals surface area (Å²) in [6.45, 7) is 6.56. The van der Waals surface area contributed by atoms with E-state index in [0.29, 0.717) is 6.04 Å². The molecule has 0 radical (unpaired) electrons. The molecule has 0 amide bonds. The molecule has 0 unspecified atom stereocenters. The minimum atomic E-state index is 0.689. The smallest absolute Gasteiger partial charge is 0.119 e. The predicted molar refractivity (Wildman–Crippen MR) is 104 cm³/mol. The van der Waals surface area contributed by atoms with Gasteiger partial charge in [0, 0.05) is 45.0 Å². The Kier molecular flexibility index (Phi) is 5.82. The number of rotatable bonds is 7. The summed E-state index contributed by atoms with van der Waals surface area (Å²) in [4.78, 5) is 9.84. The Morgan fingerprint density at radius 2 is 1.85 bits per heavy atom. The highest BCUT2D eigenvalue weighted by atomic mass is 16.5. The molecule has 5 rings (SSSR count). The van der Waals surface area contributed by atoms with Gasteiger partial charge in [-0.2, -0.15) is 0 Å². The summed E-state index contributed by atoms with van der Waals surface area (Å²) < 4.78 is 5.86. The first-order chi connectivity index (χ1) is 12.9. The predicted octanol–water partition coefficient (Wildman–Crippen LogP) is 3.45. The van der Waals surface area contributed by atoms with E-state index in [-0.39, 0.29) is 0 Å². The van der Waals surface area contributed by atoms with Crippen LogP contribution in [0, 0.1) is 5.92 Å². The number of hydrogen-bond donors (Lipinski definition) is 0. The third-order valence-electron chi connectivity index (χ3n) is 5.62. The zero-order valence-electron chi connectivity index (χ0n) is 15.5. The minimum absolute atomic E-state index is 0.689. The van der Waals surface area contributed by atoms with E-state index < -0.39 is 0 Å². The molecule has 4 nitrogen and oxygen atoms in total. The van der Waals surface area contributed by atoms with Crippen molar-refractivity contribution in [2.24, 2.45) is 5.92 Å². The molecule has 0 saturated carbocycles. The van der Waals surface area contributed by atoms with Crippen LogP contribution < -0.4 is 4.74 Å². The second-order valence-corrected chi connectivity index (χ2v) is 7.62. The van der Waals surface area contributed by atoms with E-state index in [9.17, 15) is 0 Å². The first-order valence-electron chi connectivity index (χ1n) is 9.91. The van der Waals surface area contributed by atoms with Gasteiger partial charge in [-0.15, -0.1) is 0 Å². The number of aromatic nitrogens is 1. The molecule has 1 aromatic carbocycles. The Morgan fingerprint density at radius 1 is 0.962 bits per heavy atom. The van der Waals surface area contributed by atoms with Crippen molar-refractivity contribution < 1.29 is 4.74 Å². The molecule has 1 aromatic heterocycles. The standard InChI is InChI=1S/C22H29N3O/c1-2-8-22(9-3-1)26-14-6-13-25-16-19-10-11-21(25)18-24(15-19)17-20-7-4-5-12-23-20/h1-5,7-9,12,19,21H,6,10-11,13-18H2/t19-,21+/m1/s1. The maximum absolute atomic E-state index is 5.86. The van der Waals surface area contributed by atoms with E-state index in [1.807, 2.05) is 42.6 Å². The summed E-state index contributed by atoms with van der Waals surface area (Å²) in [5, 5.41) is 0. The largest absolute Gasteiger partial charge is 0.494 e. The van der Waals surface area contributed by atoms with Gasteiger partial charge in [-0.05, 0) is 49.4 Å². The topological polar surface area (TPSA) is 28.6 Å². The van der Waals surface area contributed by atoms with E-state index in [2.05, 4.69) is 26.9 Å². The van der Waals surface area contributed by atoms with E-state index in [1.54, 1.807) is 0 Å². The molecule has 2 atom stereocenters. The fourth-order valence-corrected chi connectivity index (χ4v) is 4.37. The van der Waals surface area contributed by atoms with E-state index in [1.165, 1.54) is 38.2 Å². The van der Waals surface area contributed by atoms with Gasteiger partial charge in [-0.25, -0.2) is 0 Å². The number of pyridine rings is 1. The molecule has 3 saturated heterocycles. The molecule has 3 aliphatic heterocycles. The highest BCUT2D eigenvalue weighted by Gasteiger charge is 2.34. The molecule has 2 bridgehead atoms. The minimum Gasteiger partial charge on any atom is -0.494 e. The Hall–Kier alpha value is -1.91. The number of benzene rings is 1. The maximum atomic E-state index is 5.86. The zero-order valence-corrected chi connectivity index (χ0v) is 15.5. The number of nitrogens with zero attached hydrogens (tertiary/aromatic N) is 3. The summed E-state index contributed by atoms with van der Waals surface area (Å²) in [7, 11) is 0. The summed E-state index contributed by atoms with van der Waals surface area (Å²) >= 11 is 0. The summed E-state index contributed by atoms with van der Waals surface area (Å²) in [6, 6.07) is 17.1. The van der Waals surface area contributed by atoms with Gasteiger partial charge in [0.1, 0.15) is 5.75 Å². The van der Waals surface area contributed by atoms with Gasteiger partial charge in [0.05, 0.1) is 12.3 Å². The van der Waals surface area contributed by atoms with Crippen LogP contribution in [0.2, 0.25) is 0 Å². The second kappa shape index (κ2) is 8.65. The van der Waals surface area contributed by atoms with Crippen molar-refractivity contribution >= 4 is 0 Å². The van der Waals surface area contributed by atoms with Crippen molar-refractivity contribution in [2.45, 2.75) is 31.8 Å². The van der Waals surface area contributed by atoms with Gasteiger partial charge < -0.3 is 4.74 Å². The Morgan fingerprint density at radius 3 is 2.69 bits per heavy atom. The lowest BCUT2D eigenvalue weighted by Crippen LogP contribution is -2.44. The normalized spacial score (nSPS) is 23.7. The molecule has 4 heterocycles. The third kappa shape index (κ3) is 4.63. The van der Waals surface area contributed by atoms with Crippen LogP contribution in [0.4, 0.5) is 0 Å². The molecule has 4 heteroatoms. The van der Waals surface area contributed by atoms with Gasteiger partial charge >= 0.3 is 0 Å². The number of piperidine rings is 1. The van der Waals surface area contributed by atoms with Crippen molar-refractivity contribution in [2.75, 3.05) is 32.8 Å². The van der Waals surface area contributed by atoms with Gasteiger partial charge in [0.25, 0.3) is 0 Å². The van der Waals surface area contributed by atoms with Crippen molar-refractivity contribution in [3.63, 3.8) is 0 Å². The average molecular weight is 351 g/mol. The van der Waals surface area contributed by atoms with Crippen LogP contribution in [-0.2, 0) is 6.54 Å². The summed E-state index contributed by atoms with van der Waals surface area (Å²) in [5.74, 6) is 1.78. The van der Waals surface area contributed by atoms with Crippen LogP contribution in [0.5, 0.6) is 5.75 Å². The Labute approximate surface area is 156 Å². The quantitative estimate of drug-likeness (QED) is 0.715. The van der Waals surface area contributed by atoms with Gasteiger partial charge in [0.15, 0.2) is 0 Å². The van der Waals surface area contributed by atoms with E-state index in [0.717, 1.165) is 37.8 Å². The van der Waals surface area contributed by atoms with Crippen LogP contribution in [-0.4, -0.2) is 53.6 Å². The van der Waals surface area contributed by atoms with Crippen LogP contribution in [0.3, 0.4) is 0 Å². The van der Waals surface area contributed by atoms with Gasteiger partial charge in [0.2, 0.25) is 0 Å². The fraction of sp³-hybridized carbons (Fsp3) is 0.500. The monoisotopic (exact) mass is 351 g/mol. The van der Waals surface area contributed by atoms with Crippen molar-refractivity contribution in [3.05, 3.63) is 60.4 Å². The van der Waals surface area contributed by atoms with Crippen LogP contribution in [0.1, 0.15) is 25.0 Å². The van der Waals surface area contributed by atoms with Crippen molar-refractivity contribution in [1.29, 1.82) is 0 Å². The number of ether oxygens (including phenoxy) is 1. The van der Waals surface area contributed by atoms with Crippen molar-refractivity contribution in [3.8, 4) is 5.75 Å². The lowest BCUT2D eigenvalue weighted by Gasteiger charge is -2.36. The SMILES string of the molecule is c1ccc(OCCCN2C[C@@H]3CC[C@H]2CN(Cc2ccccn2)C3)cc1. The van der Waals surface area contributed by atoms with Gasteiger partial charge in [-0.1, -0.05) is 24.3 Å². The van der Waals surface area contributed by atoms with Crippen LogP contribution in [0.25, 0.3) is 0 Å². The van der Waals surface area contributed by atoms with Crippen LogP contribution >= 0.6 is 0 Å². The molecule has 0 spiro atoms. The lowest BCUT2D eigenvalue weighted by atomic mass is 9.95. The van der Waals surface area contributed by atoms with E-state index in [4.69, 9.17) is 4.74 Å². The molecule has 3 fully saturated rings. The first-order valence-corrected chi connectivity index (χ1v) is 9.91. The molecule has 0 N–H and O–H groups in total. The third-order valence-corrected chi connectivity index (χ3v) is 5.62. The van der Waals surface area contributed by atoms with Crippen molar-refractivity contribution in [1.82, 2.24) is 14.8 Å². The zero-order chi connectivity index (χ0) is 17.6. The summed E-state index contributed by atoms with van der Waals surface area (Å²) in [6.07, 6.45) is 5.71. The fourth-order valence-electron chi connectivity index (χ4n) is 4.37. The molecule has 2 aromatic rings. The Balaban J connectivity index is 1.26. The molecule has 0 aliphatic carbocycles. The molecule has 26 heavy (non-hydrogen) atoms. The molecular formula is C22H29N3O. The average Bonchev–Trinajstić information content (AvgIpc) is 2.97. The van der Waals surface area contributed by atoms with Crippen LogP contribution in [0.15, 0.2) is 54.7 Å². The number of para-hydroxylation sites is 1. The van der Waals surface area contributed by atoms with E-state index >= 15 is 0 Å². The molecule has 3 aliphatic rings. The molecular weight excluding hydrogens is 322 g/mol.